The van der Waals surface area contributed by atoms with Crippen LogP contribution < -0.4 is 25.0 Å². The molecular weight excluding hydrogens is 452 g/mol. The predicted molar refractivity (Wildman–Crippen MR) is 134 cm³/mol. The number of nitrogens with zero attached hydrogens (tertiary/aromatic N) is 2. The summed E-state index contributed by atoms with van der Waals surface area (Å²) in [4.78, 5) is 15.5. The maximum atomic E-state index is 13.6. The second-order valence-electron chi connectivity index (χ2n) is 7.64. The molecule has 8 nitrogen and oxygen atoms in total. The number of carbonyl (C=O) groups excluding carboxylic acids is 1. The van der Waals surface area contributed by atoms with Crippen molar-refractivity contribution in [3.63, 3.8) is 0 Å². The van der Waals surface area contributed by atoms with Crippen LogP contribution in [0.3, 0.4) is 0 Å². The molecule has 0 radical (unpaired) electrons. The highest BCUT2D eigenvalue weighted by Crippen LogP contribution is 2.41. The number of rotatable bonds is 7. The highest BCUT2D eigenvalue weighted by atomic mass is 32.1. The smallest absolute Gasteiger partial charge is 0.257 e. The van der Waals surface area contributed by atoms with Crippen LogP contribution in [0.5, 0.6) is 11.5 Å². The molecule has 0 aliphatic carbocycles. The van der Waals surface area contributed by atoms with Crippen molar-refractivity contribution in [2.75, 3.05) is 23.9 Å². The normalized spacial score (nSPS) is 15.7. The van der Waals surface area contributed by atoms with E-state index in [2.05, 4.69) is 15.8 Å². The molecule has 176 valence electrons. The molecule has 0 fully saturated rings. The Labute approximate surface area is 203 Å². The van der Waals surface area contributed by atoms with E-state index in [4.69, 9.17) is 26.2 Å². The molecule has 1 aliphatic rings. The van der Waals surface area contributed by atoms with Crippen molar-refractivity contribution in [3.8, 4) is 11.5 Å². The Balaban J connectivity index is 1.85. The SMILES string of the molecule is CCOc1cccc(C2NC(=S)N(c3ccccc3)C(C)=C2C(=O)Nc2cc(C)on2)c1OC. The second kappa shape index (κ2) is 9.96. The number of carbonyl (C=O) groups is 1. The fraction of sp³-hybridized carbons (Fsp3) is 0.240. The molecular formula is C25H26N4O4S. The van der Waals surface area contributed by atoms with Gasteiger partial charge in [-0.2, -0.15) is 0 Å². The molecule has 4 rings (SSSR count). The van der Waals surface area contributed by atoms with Crippen LogP contribution in [0.15, 0.2) is 70.4 Å². The fourth-order valence-electron chi connectivity index (χ4n) is 4.02. The van der Waals surface area contributed by atoms with Gasteiger partial charge in [0.15, 0.2) is 22.4 Å². The van der Waals surface area contributed by atoms with E-state index < -0.39 is 6.04 Å². The summed E-state index contributed by atoms with van der Waals surface area (Å²) in [6.45, 7) is 6.01. The van der Waals surface area contributed by atoms with E-state index in [1.54, 1.807) is 20.1 Å². The number of amides is 1. The number of methoxy groups -OCH3 is 1. The molecule has 1 atom stereocenters. The molecule has 1 unspecified atom stereocenters. The van der Waals surface area contributed by atoms with Crippen molar-refractivity contribution in [1.82, 2.24) is 10.5 Å². The van der Waals surface area contributed by atoms with Crippen molar-refractivity contribution in [2.24, 2.45) is 0 Å². The van der Waals surface area contributed by atoms with Gasteiger partial charge in [-0.25, -0.2) is 0 Å². The van der Waals surface area contributed by atoms with Crippen LogP contribution in [-0.4, -0.2) is 29.9 Å². The second-order valence-corrected chi connectivity index (χ2v) is 8.03. The Morgan fingerprint density at radius 1 is 1.21 bits per heavy atom. The van der Waals surface area contributed by atoms with Crippen LogP contribution in [0.1, 0.15) is 31.2 Å². The number of nitrogens with one attached hydrogen (secondary N) is 2. The first-order chi connectivity index (χ1) is 16.4. The van der Waals surface area contributed by atoms with E-state index >= 15 is 0 Å². The maximum Gasteiger partial charge on any atom is 0.257 e. The summed E-state index contributed by atoms with van der Waals surface area (Å²) in [6, 6.07) is 16.3. The minimum Gasteiger partial charge on any atom is -0.492 e. The number of anilines is 2. The van der Waals surface area contributed by atoms with Crippen LogP contribution in [0.4, 0.5) is 11.5 Å². The number of hydrogen-bond acceptors (Lipinski definition) is 6. The minimum absolute atomic E-state index is 0.330. The van der Waals surface area contributed by atoms with E-state index in [1.807, 2.05) is 67.3 Å². The molecule has 1 amide bonds. The Hall–Kier alpha value is -3.85. The third-order valence-corrected chi connectivity index (χ3v) is 5.74. The van der Waals surface area contributed by atoms with Gasteiger partial charge in [0.2, 0.25) is 0 Å². The first-order valence-electron chi connectivity index (χ1n) is 10.8. The van der Waals surface area contributed by atoms with Gasteiger partial charge in [0, 0.05) is 23.0 Å². The number of hydrogen-bond donors (Lipinski definition) is 2. The summed E-state index contributed by atoms with van der Waals surface area (Å²) >= 11 is 5.75. The largest absolute Gasteiger partial charge is 0.492 e. The number of allylic oxidation sites excluding steroid dienone is 1. The number of ether oxygens (including phenoxy) is 2. The predicted octanol–water partition coefficient (Wildman–Crippen LogP) is 4.74. The number of aromatic nitrogens is 1. The Bertz CT molecular complexity index is 1240. The van der Waals surface area contributed by atoms with Crippen LogP contribution in [-0.2, 0) is 4.79 Å². The lowest BCUT2D eigenvalue weighted by Gasteiger charge is -2.38. The minimum atomic E-state index is -0.587. The van der Waals surface area contributed by atoms with E-state index in [9.17, 15) is 4.79 Å². The van der Waals surface area contributed by atoms with Gasteiger partial charge in [0.1, 0.15) is 5.76 Å². The topological polar surface area (TPSA) is 88.9 Å². The molecule has 0 saturated carbocycles. The van der Waals surface area contributed by atoms with E-state index in [0.717, 1.165) is 11.3 Å². The number of benzene rings is 2. The summed E-state index contributed by atoms with van der Waals surface area (Å²) in [6.07, 6.45) is 0. The van der Waals surface area contributed by atoms with Crippen molar-refractivity contribution in [1.29, 1.82) is 0 Å². The zero-order valence-corrected chi connectivity index (χ0v) is 20.2. The first-order valence-corrected chi connectivity index (χ1v) is 11.3. The molecule has 9 heteroatoms. The molecule has 34 heavy (non-hydrogen) atoms. The van der Waals surface area contributed by atoms with E-state index in [1.165, 1.54) is 0 Å². The lowest BCUT2D eigenvalue weighted by Crippen LogP contribution is -2.48. The van der Waals surface area contributed by atoms with Crippen LogP contribution >= 0.6 is 12.2 Å². The molecule has 2 heterocycles. The zero-order chi connectivity index (χ0) is 24.2. The van der Waals surface area contributed by atoms with Gasteiger partial charge in [0.05, 0.1) is 25.3 Å². The molecule has 2 aromatic carbocycles. The molecule has 2 N–H and O–H groups in total. The van der Waals surface area contributed by atoms with Crippen LogP contribution in [0.2, 0.25) is 0 Å². The average molecular weight is 479 g/mol. The van der Waals surface area contributed by atoms with Crippen molar-refractivity contribution in [3.05, 3.63) is 77.2 Å². The van der Waals surface area contributed by atoms with Gasteiger partial charge < -0.3 is 24.6 Å². The lowest BCUT2D eigenvalue weighted by atomic mass is 9.93. The Morgan fingerprint density at radius 3 is 2.62 bits per heavy atom. The highest BCUT2D eigenvalue weighted by Gasteiger charge is 2.36. The number of thiocarbonyl (C=S) groups is 1. The average Bonchev–Trinajstić information content (AvgIpc) is 3.23. The van der Waals surface area contributed by atoms with E-state index in [-0.39, 0.29) is 5.91 Å². The van der Waals surface area contributed by atoms with Crippen molar-refractivity contribution < 1.29 is 18.8 Å². The fourth-order valence-corrected chi connectivity index (χ4v) is 4.38. The standard InChI is InChI=1S/C25H26N4O4S/c1-5-32-19-13-9-12-18(23(19)31-4)22-21(24(30)26-20-14-15(2)33-28-20)16(3)29(25(34)27-22)17-10-7-6-8-11-17/h6-14,22H,5H2,1-4H3,(H,27,34)(H,26,28,30). The summed E-state index contributed by atoms with van der Waals surface area (Å²) in [5.74, 6) is 1.71. The van der Waals surface area contributed by atoms with Gasteiger partial charge in [-0.3, -0.25) is 9.69 Å². The summed E-state index contributed by atoms with van der Waals surface area (Å²) < 4.78 is 16.6. The molecule has 0 spiro atoms. The zero-order valence-electron chi connectivity index (χ0n) is 19.4. The van der Waals surface area contributed by atoms with Gasteiger partial charge in [-0.15, -0.1) is 0 Å². The van der Waals surface area contributed by atoms with Crippen molar-refractivity contribution >= 4 is 34.7 Å². The van der Waals surface area contributed by atoms with Gasteiger partial charge in [-0.05, 0) is 51.2 Å². The highest BCUT2D eigenvalue weighted by molar-refractivity contribution is 7.80. The number of aryl methyl sites for hydroxylation is 1. The van der Waals surface area contributed by atoms with Gasteiger partial charge in [-0.1, -0.05) is 35.5 Å². The number of para-hydroxylation sites is 2. The summed E-state index contributed by atoms with van der Waals surface area (Å²) in [7, 11) is 1.58. The first kappa shape index (κ1) is 23.3. The van der Waals surface area contributed by atoms with Crippen molar-refractivity contribution in [2.45, 2.75) is 26.8 Å². The summed E-state index contributed by atoms with van der Waals surface area (Å²) in [5, 5.41) is 10.5. The Kier molecular flexibility index (Phi) is 6.83. The molecule has 0 saturated heterocycles. The lowest BCUT2D eigenvalue weighted by molar-refractivity contribution is -0.113. The maximum absolute atomic E-state index is 13.6. The third kappa shape index (κ3) is 4.47. The van der Waals surface area contributed by atoms with E-state index in [0.29, 0.717) is 46.1 Å². The molecule has 1 aromatic heterocycles. The quantitative estimate of drug-likeness (QED) is 0.471. The third-order valence-electron chi connectivity index (χ3n) is 5.44. The molecule has 1 aliphatic heterocycles. The van der Waals surface area contributed by atoms with Crippen LogP contribution in [0, 0.1) is 6.92 Å². The Morgan fingerprint density at radius 2 is 1.97 bits per heavy atom. The monoisotopic (exact) mass is 478 g/mol. The molecule has 0 bridgehead atoms. The van der Waals surface area contributed by atoms with Crippen LogP contribution in [0.25, 0.3) is 0 Å². The van der Waals surface area contributed by atoms with Gasteiger partial charge in [0.25, 0.3) is 5.91 Å². The van der Waals surface area contributed by atoms with Gasteiger partial charge >= 0.3 is 0 Å². The summed E-state index contributed by atoms with van der Waals surface area (Å²) in [5.41, 5.74) is 2.71. The molecule has 3 aromatic rings.